The maximum Gasteiger partial charge on any atom is 0.124 e. The highest BCUT2D eigenvalue weighted by molar-refractivity contribution is 5.40. The Morgan fingerprint density at radius 1 is 1.25 bits per heavy atom. The normalized spacial score (nSPS) is 28.2. The molecule has 3 rings (SSSR count). The Morgan fingerprint density at radius 2 is 2.10 bits per heavy atom. The summed E-state index contributed by atoms with van der Waals surface area (Å²) in [4.78, 5) is 2.61. The van der Waals surface area contributed by atoms with Crippen molar-refractivity contribution in [2.24, 2.45) is 0 Å². The van der Waals surface area contributed by atoms with Crippen molar-refractivity contribution >= 4 is 0 Å². The lowest BCUT2D eigenvalue weighted by molar-refractivity contribution is 0.162. The number of phenolic OH excluding ortho intramolecular Hbond substituents is 2. The predicted molar refractivity (Wildman–Crippen MR) is 78.9 cm³/mol. The molecule has 110 valence electrons. The molecule has 3 atom stereocenters. The van der Waals surface area contributed by atoms with E-state index in [1.54, 1.807) is 12.1 Å². The van der Waals surface area contributed by atoms with Crippen molar-refractivity contribution in [3.8, 4) is 11.5 Å². The number of fused-ring (bicyclic) bond motifs is 1. The molecule has 0 saturated carbocycles. The van der Waals surface area contributed by atoms with Crippen LogP contribution in [-0.2, 0) is 0 Å². The van der Waals surface area contributed by atoms with Crippen LogP contribution in [0.25, 0.3) is 0 Å². The second-order valence-electron chi connectivity index (χ2n) is 6.18. The molecular formula is C16H24N2O2. The minimum absolute atomic E-state index is 0.105. The van der Waals surface area contributed by atoms with E-state index in [9.17, 15) is 10.2 Å². The van der Waals surface area contributed by atoms with E-state index >= 15 is 0 Å². The van der Waals surface area contributed by atoms with Crippen molar-refractivity contribution in [1.82, 2.24) is 10.2 Å². The molecule has 4 heteroatoms. The Bertz CT molecular complexity index is 478. The van der Waals surface area contributed by atoms with Gasteiger partial charge in [-0.25, -0.2) is 0 Å². The van der Waals surface area contributed by atoms with Gasteiger partial charge in [-0.1, -0.05) is 6.07 Å². The van der Waals surface area contributed by atoms with E-state index in [0.29, 0.717) is 6.04 Å². The van der Waals surface area contributed by atoms with Gasteiger partial charge in [0, 0.05) is 29.8 Å². The predicted octanol–water partition coefficient (Wildman–Crippen LogP) is 2.38. The van der Waals surface area contributed by atoms with Crippen molar-refractivity contribution in [1.29, 1.82) is 0 Å². The maximum absolute atomic E-state index is 9.93. The second-order valence-corrected chi connectivity index (χ2v) is 6.18. The van der Waals surface area contributed by atoms with Gasteiger partial charge in [0.15, 0.2) is 0 Å². The molecule has 3 unspecified atom stereocenters. The van der Waals surface area contributed by atoms with Gasteiger partial charge in [0.2, 0.25) is 0 Å². The molecule has 1 aromatic carbocycles. The maximum atomic E-state index is 9.93. The first-order chi connectivity index (χ1) is 9.63. The largest absolute Gasteiger partial charge is 0.508 e. The van der Waals surface area contributed by atoms with Gasteiger partial charge in [0.05, 0.1) is 0 Å². The average Bonchev–Trinajstić information content (AvgIpc) is 2.85. The fourth-order valence-electron chi connectivity index (χ4n) is 3.72. The minimum atomic E-state index is 0.105. The lowest BCUT2D eigenvalue weighted by Crippen LogP contribution is -2.46. The van der Waals surface area contributed by atoms with E-state index in [-0.39, 0.29) is 17.5 Å². The SMILES string of the molecule is CC(NC1CCN2CCCC2C1)c1ccc(O)cc1O. The zero-order chi connectivity index (χ0) is 14.1. The Hall–Kier alpha value is -1.26. The molecule has 0 aliphatic carbocycles. The fraction of sp³-hybridized carbons (Fsp3) is 0.625. The van der Waals surface area contributed by atoms with Crippen LogP contribution in [0.1, 0.15) is 44.2 Å². The number of piperidine rings is 1. The van der Waals surface area contributed by atoms with Crippen LogP contribution in [-0.4, -0.2) is 40.3 Å². The smallest absolute Gasteiger partial charge is 0.124 e. The Kier molecular flexibility index (Phi) is 3.85. The molecule has 2 fully saturated rings. The summed E-state index contributed by atoms with van der Waals surface area (Å²) >= 11 is 0. The molecule has 1 aromatic rings. The van der Waals surface area contributed by atoms with Crippen LogP contribution in [0.4, 0.5) is 0 Å². The van der Waals surface area contributed by atoms with Gasteiger partial charge in [0.25, 0.3) is 0 Å². The van der Waals surface area contributed by atoms with Crippen molar-refractivity contribution in [2.45, 2.75) is 50.7 Å². The number of nitrogens with zero attached hydrogens (tertiary/aromatic N) is 1. The van der Waals surface area contributed by atoms with Crippen molar-refractivity contribution in [2.75, 3.05) is 13.1 Å². The summed E-state index contributed by atoms with van der Waals surface area (Å²) in [7, 11) is 0. The van der Waals surface area contributed by atoms with E-state index in [0.717, 1.165) is 11.6 Å². The number of hydrogen-bond donors (Lipinski definition) is 3. The summed E-state index contributed by atoms with van der Waals surface area (Å²) in [5, 5.41) is 22.9. The van der Waals surface area contributed by atoms with E-state index < -0.39 is 0 Å². The van der Waals surface area contributed by atoms with Gasteiger partial charge in [0.1, 0.15) is 11.5 Å². The number of rotatable bonds is 3. The first-order valence-corrected chi connectivity index (χ1v) is 7.65. The molecule has 2 aliphatic heterocycles. The number of nitrogens with one attached hydrogen (secondary N) is 1. The zero-order valence-electron chi connectivity index (χ0n) is 12.0. The summed E-state index contributed by atoms with van der Waals surface area (Å²) in [6, 6.07) is 6.22. The lowest BCUT2D eigenvalue weighted by Gasteiger charge is -2.36. The molecule has 2 saturated heterocycles. The topological polar surface area (TPSA) is 55.7 Å². The molecule has 0 radical (unpaired) electrons. The zero-order valence-corrected chi connectivity index (χ0v) is 12.0. The summed E-state index contributed by atoms with van der Waals surface area (Å²) in [5.74, 6) is 0.279. The van der Waals surface area contributed by atoms with Gasteiger partial charge in [-0.05, 0) is 51.8 Å². The third-order valence-electron chi connectivity index (χ3n) is 4.79. The number of hydrogen-bond acceptors (Lipinski definition) is 4. The van der Waals surface area contributed by atoms with Crippen molar-refractivity contribution < 1.29 is 10.2 Å². The van der Waals surface area contributed by atoms with Crippen LogP contribution in [0.3, 0.4) is 0 Å². The summed E-state index contributed by atoms with van der Waals surface area (Å²) in [5.41, 5.74) is 0.858. The molecule has 20 heavy (non-hydrogen) atoms. The monoisotopic (exact) mass is 276 g/mol. The highest BCUT2D eigenvalue weighted by atomic mass is 16.3. The van der Waals surface area contributed by atoms with E-state index in [1.165, 1.54) is 44.8 Å². The standard InChI is InChI=1S/C16H24N2O2/c1-11(15-5-4-14(19)10-16(15)20)17-12-6-8-18-7-2-3-13(18)9-12/h4-5,10-13,17,19-20H,2-3,6-9H2,1H3. The highest BCUT2D eigenvalue weighted by Gasteiger charge is 2.32. The van der Waals surface area contributed by atoms with Gasteiger partial charge in [-0.2, -0.15) is 0 Å². The Morgan fingerprint density at radius 3 is 2.90 bits per heavy atom. The van der Waals surface area contributed by atoms with E-state index in [4.69, 9.17) is 0 Å². The highest BCUT2D eigenvalue weighted by Crippen LogP contribution is 2.31. The van der Waals surface area contributed by atoms with Crippen LogP contribution in [0, 0.1) is 0 Å². The van der Waals surface area contributed by atoms with Gasteiger partial charge in [-0.3, -0.25) is 0 Å². The summed E-state index contributed by atoms with van der Waals surface area (Å²) in [6.07, 6.45) is 5.06. The third kappa shape index (κ3) is 2.76. The Labute approximate surface area is 120 Å². The van der Waals surface area contributed by atoms with Crippen LogP contribution in [0.2, 0.25) is 0 Å². The lowest BCUT2D eigenvalue weighted by atomic mass is 9.96. The molecule has 0 amide bonds. The molecular weight excluding hydrogens is 252 g/mol. The van der Waals surface area contributed by atoms with Crippen LogP contribution < -0.4 is 5.32 Å². The first-order valence-electron chi connectivity index (χ1n) is 7.65. The summed E-state index contributed by atoms with van der Waals surface area (Å²) < 4.78 is 0. The molecule has 3 N–H and O–H groups in total. The van der Waals surface area contributed by atoms with Crippen LogP contribution >= 0.6 is 0 Å². The average molecular weight is 276 g/mol. The third-order valence-corrected chi connectivity index (χ3v) is 4.79. The summed E-state index contributed by atoms with van der Waals surface area (Å²) in [6.45, 7) is 4.54. The van der Waals surface area contributed by atoms with Gasteiger partial charge in [-0.15, -0.1) is 0 Å². The fourth-order valence-corrected chi connectivity index (χ4v) is 3.72. The van der Waals surface area contributed by atoms with Gasteiger partial charge >= 0.3 is 0 Å². The van der Waals surface area contributed by atoms with Crippen molar-refractivity contribution in [3.63, 3.8) is 0 Å². The van der Waals surface area contributed by atoms with Crippen LogP contribution in [0.5, 0.6) is 11.5 Å². The molecule has 2 aliphatic rings. The van der Waals surface area contributed by atoms with Crippen LogP contribution in [0.15, 0.2) is 18.2 Å². The molecule has 0 bridgehead atoms. The number of benzene rings is 1. The number of phenols is 2. The first kappa shape index (κ1) is 13.7. The molecule has 0 spiro atoms. The van der Waals surface area contributed by atoms with Crippen molar-refractivity contribution in [3.05, 3.63) is 23.8 Å². The Balaban J connectivity index is 1.62. The molecule has 4 nitrogen and oxygen atoms in total. The molecule has 2 heterocycles. The van der Waals surface area contributed by atoms with E-state index in [1.807, 2.05) is 0 Å². The quantitative estimate of drug-likeness (QED) is 0.793. The number of aromatic hydroxyl groups is 2. The second kappa shape index (κ2) is 5.62. The van der Waals surface area contributed by atoms with E-state index in [2.05, 4.69) is 17.1 Å². The minimum Gasteiger partial charge on any atom is -0.508 e. The molecule has 0 aromatic heterocycles. The van der Waals surface area contributed by atoms with Gasteiger partial charge < -0.3 is 20.4 Å².